The van der Waals surface area contributed by atoms with Crippen molar-refractivity contribution in [1.82, 2.24) is 4.90 Å². The van der Waals surface area contributed by atoms with Gasteiger partial charge >= 0.3 is 0 Å². The molecule has 3 amide bonds. The number of carbonyl (C=O) groups is 3. The molecule has 2 N–H and O–H groups in total. The molecule has 1 aliphatic rings. The van der Waals surface area contributed by atoms with Crippen LogP contribution in [0.1, 0.15) is 26.2 Å². The van der Waals surface area contributed by atoms with Crippen molar-refractivity contribution in [2.75, 3.05) is 0 Å². The number of rotatable bonds is 3. The predicted octanol–water partition coefficient (Wildman–Crippen LogP) is -0.601. The third kappa shape index (κ3) is 1.68. The van der Waals surface area contributed by atoms with Gasteiger partial charge in [0, 0.05) is 12.8 Å². The minimum atomic E-state index is -0.762. The second-order valence-electron chi connectivity index (χ2n) is 2.98. The van der Waals surface area contributed by atoms with Crippen molar-refractivity contribution >= 4 is 17.7 Å². The van der Waals surface area contributed by atoms with Crippen LogP contribution in [-0.4, -0.2) is 28.7 Å². The van der Waals surface area contributed by atoms with Gasteiger partial charge in [-0.1, -0.05) is 6.92 Å². The molecule has 1 fully saturated rings. The summed E-state index contributed by atoms with van der Waals surface area (Å²) in [5.41, 5.74) is 5.07. The zero-order valence-corrected chi connectivity index (χ0v) is 7.45. The molecule has 0 saturated carbocycles. The molecule has 0 aromatic carbocycles. The van der Waals surface area contributed by atoms with Crippen LogP contribution in [0.25, 0.3) is 0 Å². The van der Waals surface area contributed by atoms with Gasteiger partial charge in [0.2, 0.25) is 17.7 Å². The van der Waals surface area contributed by atoms with E-state index in [2.05, 4.69) is 0 Å². The van der Waals surface area contributed by atoms with Gasteiger partial charge in [0.1, 0.15) is 6.04 Å². The van der Waals surface area contributed by atoms with Gasteiger partial charge in [-0.3, -0.25) is 19.3 Å². The maximum atomic E-state index is 11.2. The number of nitrogens with zero attached hydrogens (tertiary/aromatic N) is 1. The zero-order chi connectivity index (χ0) is 10.0. The van der Waals surface area contributed by atoms with Gasteiger partial charge in [-0.15, -0.1) is 0 Å². The Kier molecular flexibility index (Phi) is 2.65. The van der Waals surface area contributed by atoms with E-state index in [-0.39, 0.29) is 24.7 Å². The van der Waals surface area contributed by atoms with Gasteiger partial charge in [0.25, 0.3) is 0 Å². The summed E-state index contributed by atoms with van der Waals surface area (Å²) < 4.78 is 0. The standard InChI is InChI=1S/C8H12N2O3/c1-2-5(8(9)13)10-6(11)3-4-7(10)12/h5H,2-4H2,1H3,(H2,9,13). The molecule has 1 unspecified atom stereocenters. The van der Waals surface area contributed by atoms with Gasteiger partial charge in [-0.25, -0.2) is 0 Å². The molecule has 0 aliphatic carbocycles. The molecule has 5 heteroatoms. The number of primary amides is 1. The monoisotopic (exact) mass is 184 g/mol. The zero-order valence-electron chi connectivity index (χ0n) is 7.45. The number of hydrogen-bond acceptors (Lipinski definition) is 3. The van der Waals surface area contributed by atoms with Gasteiger partial charge in [0.05, 0.1) is 0 Å². The van der Waals surface area contributed by atoms with Gasteiger partial charge < -0.3 is 5.73 Å². The molecule has 0 radical (unpaired) electrons. The molecule has 72 valence electrons. The molecule has 1 atom stereocenters. The average molecular weight is 184 g/mol. The van der Waals surface area contributed by atoms with Crippen molar-refractivity contribution in [3.8, 4) is 0 Å². The van der Waals surface area contributed by atoms with Gasteiger partial charge in [-0.05, 0) is 6.42 Å². The quantitative estimate of drug-likeness (QED) is 0.594. The number of hydrogen-bond donors (Lipinski definition) is 1. The summed E-state index contributed by atoms with van der Waals surface area (Å²) in [7, 11) is 0. The lowest BCUT2D eigenvalue weighted by Crippen LogP contribution is -2.47. The van der Waals surface area contributed by atoms with Crippen molar-refractivity contribution < 1.29 is 14.4 Å². The SMILES string of the molecule is CCC(C(N)=O)N1C(=O)CCC1=O. The summed E-state index contributed by atoms with van der Waals surface area (Å²) in [6.07, 6.45) is 0.776. The van der Waals surface area contributed by atoms with Crippen LogP contribution in [0.5, 0.6) is 0 Å². The van der Waals surface area contributed by atoms with E-state index < -0.39 is 11.9 Å². The third-order valence-electron chi connectivity index (χ3n) is 2.12. The minimum absolute atomic E-state index is 0.197. The minimum Gasteiger partial charge on any atom is -0.368 e. The molecule has 0 aromatic heterocycles. The highest BCUT2D eigenvalue weighted by Crippen LogP contribution is 2.16. The third-order valence-corrected chi connectivity index (χ3v) is 2.12. The Bertz CT molecular complexity index is 246. The van der Waals surface area contributed by atoms with E-state index in [0.717, 1.165) is 4.90 Å². The summed E-state index contributed by atoms with van der Waals surface area (Å²) in [4.78, 5) is 34.2. The first-order valence-electron chi connectivity index (χ1n) is 4.22. The van der Waals surface area contributed by atoms with Crippen molar-refractivity contribution in [3.05, 3.63) is 0 Å². The molecular weight excluding hydrogens is 172 g/mol. The number of nitrogens with two attached hydrogens (primary N) is 1. The Morgan fingerprint density at radius 1 is 1.46 bits per heavy atom. The van der Waals surface area contributed by atoms with E-state index in [1.165, 1.54) is 0 Å². The first kappa shape index (κ1) is 9.70. The summed E-state index contributed by atoms with van der Waals surface area (Å²) >= 11 is 0. The molecule has 1 aliphatic heterocycles. The number of imide groups is 1. The van der Waals surface area contributed by atoms with Crippen molar-refractivity contribution in [2.45, 2.75) is 32.2 Å². The van der Waals surface area contributed by atoms with Crippen LogP contribution in [0.15, 0.2) is 0 Å². The fourth-order valence-electron chi connectivity index (χ4n) is 1.45. The average Bonchev–Trinajstić information content (AvgIpc) is 2.36. The Morgan fingerprint density at radius 2 is 1.92 bits per heavy atom. The summed E-state index contributed by atoms with van der Waals surface area (Å²) in [6, 6.07) is -0.762. The number of amides is 3. The van der Waals surface area contributed by atoms with Crippen LogP contribution >= 0.6 is 0 Å². The molecule has 1 rings (SSSR count). The fourth-order valence-corrected chi connectivity index (χ4v) is 1.45. The Labute approximate surface area is 75.9 Å². The lowest BCUT2D eigenvalue weighted by atomic mass is 10.2. The molecule has 5 nitrogen and oxygen atoms in total. The van der Waals surface area contributed by atoms with E-state index in [1.807, 2.05) is 0 Å². The second kappa shape index (κ2) is 3.55. The van der Waals surface area contributed by atoms with Gasteiger partial charge in [0.15, 0.2) is 0 Å². The molecule has 0 spiro atoms. The van der Waals surface area contributed by atoms with E-state index in [9.17, 15) is 14.4 Å². The molecule has 1 heterocycles. The smallest absolute Gasteiger partial charge is 0.240 e. The summed E-state index contributed by atoms with van der Waals surface area (Å²) in [5, 5.41) is 0. The van der Waals surface area contributed by atoms with Gasteiger partial charge in [-0.2, -0.15) is 0 Å². The van der Waals surface area contributed by atoms with E-state index in [1.54, 1.807) is 6.92 Å². The maximum absolute atomic E-state index is 11.2. The summed E-state index contributed by atoms with van der Waals surface area (Å²) in [6.45, 7) is 1.72. The fraction of sp³-hybridized carbons (Fsp3) is 0.625. The highest BCUT2D eigenvalue weighted by Gasteiger charge is 2.36. The summed E-state index contributed by atoms with van der Waals surface area (Å²) in [5.74, 6) is -1.21. The molecule has 13 heavy (non-hydrogen) atoms. The lowest BCUT2D eigenvalue weighted by molar-refractivity contribution is -0.145. The lowest BCUT2D eigenvalue weighted by Gasteiger charge is -2.21. The van der Waals surface area contributed by atoms with Crippen LogP contribution in [0.2, 0.25) is 0 Å². The van der Waals surface area contributed by atoms with Crippen molar-refractivity contribution in [3.63, 3.8) is 0 Å². The first-order chi connectivity index (χ1) is 6.07. The van der Waals surface area contributed by atoms with Crippen LogP contribution in [0, 0.1) is 0 Å². The van der Waals surface area contributed by atoms with E-state index >= 15 is 0 Å². The van der Waals surface area contributed by atoms with E-state index in [0.29, 0.717) is 6.42 Å². The molecular formula is C8H12N2O3. The van der Waals surface area contributed by atoms with Crippen LogP contribution in [0.3, 0.4) is 0 Å². The highest BCUT2D eigenvalue weighted by atomic mass is 16.2. The molecule has 0 bridgehead atoms. The normalized spacial score (nSPS) is 19.3. The highest BCUT2D eigenvalue weighted by molar-refractivity contribution is 6.05. The Morgan fingerprint density at radius 3 is 2.23 bits per heavy atom. The second-order valence-corrected chi connectivity index (χ2v) is 2.98. The van der Waals surface area contributed by atoms with Crippen LogP contribution in [0.4, 0.5) is 0 Å². The van der Waals surface area contributed by atoms with Crippen LogP contribution in [-0.2, 0) is 14.4 Å². The topological polar surface area (TPSA) is 80.5 Å². The Hall–Kier alpha value is -1.39. The number of carbonyl (C=O) groups excluding carboxylic acids is 3. The predicted molar refractivity (Wildman–Crippen MR) is 44.4 cm³/mol. The number of likely N-dealkylation sites (tertiary alicyclic amines) is 1. The van der Waals surface area contributed by atoms with E-state index in [4.69, 9.17) is 5.73 Å². The Balaban J connectivity index is 2.84. The first-order valence-corrected chi connectivity index (χ1v) is 4.22. The molecule has 1 saturated heterocycles. The molecule has 0 aromatic rings. The van der Waals surface area contributed by atoms with Crippen LogP contribution < -0.4 is 5.73 Å². The van der Waals surface area contributed by atoms with Crippen molar-refractivity contribution in [1.29, 1.82) is 0 Å². The maximum Gasteiger partial charge on any atom is 0.240 e. The largest absolute Gasteiger partial charge is 0.368 e. The van der Waals surface area contributed by atoms with Crippen molar-refractivity contribution in [2.24, 2.45) is 5.73 Å².